The molecule has 0 radical (unpaired) electrons. The van der Waals surface area contributed by atoms with Crippen LogP contribution >= 0.6 is 0 Å². The maximum Gasteiger partial charge on any atom is 0.247 e. The Morgan fingerprint density at radius 3 is 2.78 bits per heavy atom. The fraction of sp³-hybridized carbons (Fsp3) is 0.0500. The third-order valence-corrected chi connectivity index (χ3v) is 4.51. The Morgan fingerprint density at radius 2 is 1.89 bits per heavy atom. The van der Waals surface area contributed by atoms with E-state index in [1.54, 1.807) is 16.6 Å². The highest BCUT2D eigenvalue weighted by molar-refractivity contribution is 5.83. The predicted octanol–water partition coefficient (Wildman–Crippen LogP) is 3.73. The topological polar surface area (TPSA) is 80.3 Å². The minimum atomic E-state index is 0.215. The summed E-state index contributed by atoms with van der Waals surface area (Å²) in [6.45, 7) is 0. The fourth-order valence-corrected chi connectivity index (χ4v) is 3.19. The van der Waals surface area contributed by atoms with Gasteiger partial charge >= 0.3 is 0 Å². The molecule has 132 valence electrons. The van der Waals surface area contributed by atoms with Crippen LogP contribution in [0.25, 0.3) is 27.8 Å². The van der Waals surface area contributed by atoms with Gasteiger partial charge in [-0.25, -0.2) is 4.52 Å². The summed E-state index contributed by atoms with van der Waals surface area (Å²) in [5.41, 5.74) is 4.37. The van der Waals surface area contributed by atoms with Gasteiger partial charge in [-0.1, -0.05) is 18.2 Å². The Kier molecular flexibility index (Phi) is 3.33. The van der Waals surface area contributed by atoms with Crippen LogP contribution in [0, 0.1) is 0 Å². The zero-order valence-corrected chi connectivity index (χ0v) is 14.5. The molecule has 2 aromatic carbocycles. The molecule has 0 aliphatic rings. The number of aryl methyl sites for hydroxylation is 1. The normalized spacial score (nSPS) is 11.3. The van der Waals surface area contributed by atoms with Crippen molar-refractivity contribution < 1.29 is 5.11 Å². The van der Waals surface area contributed by atoms with Gasteiger partial charge in [0.15, 0.2) is 5.65 Å². The molecule has 7 heteroatoms. The number of pyridine rings is 1. The van der Waals surface area contributed by atoms with Gasteiger partial charge in [-0.05, 0) is 42.5 Å². The SMILES string of the molecule is Cn1ncc2ccc(Nc3nc4cccc(-c5cccc(O)c5)n4n3)cc21. The van der Waals surface area contributed by atoms with Gasteiger partial charge in [-0.15, -0.1) is 5.10 Å². The molecule has 0 aliphatic carbocycles. The van der Waals surface area contributed by atoms with Crippen molar-refractivity contribution in [3.8, 4) is 17.0 Å². The van der Waals surface area contributed by atoms with Gasteiger partial charge in [-0.3, -0.25) is 4.68 Å². The number of hydrogen-bond donors (Lipinski definition) is 2. The van der Waals surface area contributed by atoms with Crippen molar-refractivity contribution in [3.63, 3.8) is 0 Å². The van der Waals surface area contributed by atoms with Crippen molar-refractivity contribution in [2.75, 3.05) is 5.32 Å². The van der Waals surface area contributed by atoms with E-state index in [0.717, 1.165) is 33.5 Å². The van der Waals surface area contributed by atoms with Gasteiger partial charge in [0, 0.05) is 23.7 Å². The van der Waals surface area contributed by atoms with Crippen molar-refractivity contribution in [1.82, 2.24) is 24.4 Å². The summed E-state index contributed by atoms with van der Waals surface area (Å²) >= 11 is 0. The van der Waals surface area contributed by atoms with E-state index in [1.165, 1.54) is 0 Å². The quantitative estimate of drug-likeness (QED) is 0.515. The van der Waals surface area contributed by atoms with E-state index in [2.05, 4.69) is 20.5 Å². The van der Waals surface area contributed by atoms with Crippen molar-refractivity contribution in [3.05, 3.63) is 66.9 Å². The molecule has 27 heavy (non-hydrogen) atoms. The summed E-state index contributed by atoms with van der Waals surface area (Å²) in [6.07, 6.45) is 1.84. The van der Waals surface area contributed by atoms with Crippen LogP contribution in [0.5, 0.6) is 5.75 Å². The molecule has 5 rings (SSSR count). The molecular weight excluding hydrogens is 340 g/mol. The van der Waals surface area contributed by atoms with Crippen molar-refractivity contribution in [2.45, 2.75) is 0 Å². The third kappa shape index (κ3) is 2.65. The number of aromatic nitrogens is 5. The first kappa shape index (κ1) is 15.4. The average Bonchev–Trinajstić information content (AvgIpc) is 3.24. The zero-order valence-electron chi connectivity index (χ0n) is 14.5. The highest BCUT2D eigenvalue weighted by Crippen LogP contribution is 2.25. The van der Waals surface area contributed by atoms with E-state index < -0.39 is 0 Å². The first-order chi connectivity index (χ1) is 13.2. The number of hydrogen-bond acceptors (Lipinski definition) is 5. The van der Waals surface area contributed by atoms with E-state index >= 15 is 0 Å². The smallest absolute Gasteiger partial charge is 0.247 e. The Morgan fingerprint density at radius 1 is 1.00 bits per heavy atom. The molecule has 3 aromatic heterocycles. The van der Waals surface area contributed by atoms with Crippen LogP contribution in [0.3, 0.4) is 0 Å². The Labute approximate surface area is 154 Å². The summed E-state index contributed by atoms with van der Waals surface area (Å²) in [5.74, 6) is 0.719. The van der Waals surface area contributed by atoms with Gasteiger partial charge in [0.1, 0.15) is 5.75 Å². The lowest BCUT2D eigenvalue weighted by Crippen LogP contribution is -1.96. The molecule has 0 aliphatic heterocycles. The van der Waals surface area contributed by atoms with Crippen LogP contribution in [0.4, 0.5) is 11.6 Å². The second-order valence-corrected chi connectivity index (χ2v) is 6.33. The van der Waals surface area contributed by atoms with Gasteiger partial charge in [0.2, 0.25) is 5.95 Å². The third-order valence-electron chi connectivity index (χ3n) is 4.51. The molecule has 3 heterocycles. The lowest BCUT2D eigenvalue weighted by molar-refractivity contribution is 0.475. The summed E-state index contributed by atoms with van der Waals surface area (Å²) in [4.78, 5) is 4.56. The molecule has 0 atom stereocenters. The molecule has 5 aromatic rings. The minimum Gasteiger partial charge on any atom is -0.508 e. The molecule has 0 unspecified atom stereocenters. The molecule has 0 amide bonds. The average molecular weight is 356 g/mol. The van der Waals surface area contributed by atoms with Crippen molar-refractivity contribution in [1.29, 1.82) is 0 Å². The summed E-state index contributed by atoms with van der Waals surface area (Å²) in [5, 5.41) is 23.0. The van der Waals surface area contributed by atoms with Crippen LogP contribution < -0.4 is 5.32 Å². The lowest BCUT2D eigenvalue weighted by Gasteiger charge is -2.04. The molecule has 0 saturated carbocycles. The molecule has 0 bridgehead atoms. The van der Waals surface area contributed by atoms with Crippen molar-refractivity contribution in [2.24, 2.45) is 7.05 Å². The minimum absolute atomic E-state index is 0.215. The zero-order chi connectivity index (χ0) is 18.4. The van der Waals surface area contributed by atoms with Crippen LogP contribution in [-0.4, -0.2) is 29.5 Å². The Hall–Kier alpha value is -3.87. The number of aromatic hydroxyl groups is 1. The standard InChI is InChI=1S/C20H16N6O/c1-25-18-11-15(9-8-14(18)12-21-25)22-20-23-19-7-3-6-17(26(19)24-20)13-4-2-5-16(27)10-13/h2-12,27H,1H3,(H,22,24). The second-order valence-electron chi connectivity index (χ2n) is 6.33. The number of phenols is 1. The number of nitrogens with one attached hydrogen (secondary N) is 1. The molecule has 0 saturated heterocycles. The second kappa shape index (κ2) is 5.84. The first-order valence-electron chi connectivity index (χ1n) is 8.51. The fourth-order valence-electron chi connectivity index (χ4n) is 3.19. The van der Waals surface area contributed by atoms with Gasteiger partial charge < -0.3 is 10.4 Å². The van der Waals surface area contributed by atoms with Crippen LogP contribution in [0.15, 0.2) is 66.9 Å². The predicted molar refractivity (Wildman–Crippen MR) is 104 cm³/mol. The largest absolute Gasteiger partial charge is 0.508 e. The molecule has 7 nitrogen and oxygen atoms in total. The molecule has 2 N–H and O–H groups in total. The maximum absolute atomic E-state index is 9.77. The van der Waals surface area contributed by atoms with E-state index in [-0.39, 0.29) is 5.75 Å². The van der Waals surface area contributed by atoms with Crippen LogP contribution in [0.1, 0.15) is 0 Å². The highest BCUT2D eigenvalue weighted by atomic mass is 16.3. The molecule has 0 fully saturated rings. The maximum atomic E-state index is 9.77. The van der Waals surface area contributed by atoms with Crippen LogP contribution in [-0.2, 0) is 7.05 Å². The van der Waals surface area contributed by atoms with E-state index in [0.29, 0.717) is 5.95 Å². The monoisotopic (exact) mass is 356 g/mol. The summed E-state index contributed by atoms with van der Waals surface area (Å²) in [7, 11) is 1.91. The first-order valence-corrected chi connectivity index (χ1v) is 8.51. The van der Waals surface area contributed by atoms with Crippen molar-refractivity contribution >= 4 is 28.2 Å². The van der Waals surface area contributed by atoms with E-state index in [9.17, 15) is 5.11 Å². The number of fused-ring (bicyclic) bond motifs is 2. The Balaban J connectivity index is 1.56. The summed E-state index contributed by atoms with van der Waals surface area (Å²) < 4.78 is 3.59. The van der Waals surface area contributed by atoms with Crippen LogP contribution in [0.2, 0.25) is 0 Å². The molecular formula is C20H16N6O. The highest BCUT2D eigenvalue weighted by Gasteiger charge is 2.10. The number of nitrogens with zero attached hydrogens (tertiary/aromatic N) is 5. The number of benzene rings is 2. The van der Waals surface area contributed by atoms with Gasteiger partial charge in [0.25, 0.3) is 0 Å². The summed E-state index contributed by atoms with van der Waals surface area (Å²) in [6, 6.07) is 18.9. The number of phenolic OH excluding ortho intramolecular Hbond substituents is 1. The van der Waals surface area contributed by atoms with Gasteiger partial charge in [0.05, 0.1) is 17.4 Å². The van der Waals surface area contributed by atoms with E-state index in [1.807, 2.05) is 66.5 Å². The van der Waals surface area contributed by atoms with Gasteiger partial charge in [-0.2, -0.15) is 10.1 Å². The molecule has 0 spiro atoms. The Bertz CT molecular complexity index is 1290. The van der Waals surface area contributed by atoms with E-state index in [4.69, 9.17) is 0 Å². The number of anilines is 2. The lowest BCUT2D eigenvalue weighted by atomic mass is 10.1. The number of rotatable bonds is 3.